The zero-order valence-electron chi connectivity index (χ0n) is 12.5. The lowest BCUT2D eigenvalue weighted by Gasteiger charge is -2.09. The number of rotatable bonds is 8. The summed E-state index contributed by atoms with van der Waals surface area (Å²) in [4.78, 5) is 0.174. The third-order valence-electron chi connectivity index (χ3n) is 2.89. The van der Waals surface area contributed by atoms with E-state index in [4.69, 9.17) is 15.4 Å². The maximum Gasteiger partial charge on any atom is 0.264 e. The van der Waals surface area contributed by atoms with E-state index in [9.17, 15) is 8.42 Å². The monoisotopic (exact) mass is 322 g/mol. The fraction of sp³-hybridized carbons (Fsp3) is 0.769. The second-order valence-electron chi connectivity index (χ2n) is 5.06. The Balaban J connectivity index is 2.95. The molecule has 1 aromatic heterocycles. The Morgan fingerprint density at radius 1 is 1.30 bits per heavy atom. The molecule has 0 saturated heterocycles. The molecule has 0 aliphatic rings. The van der Waals surface area contributed by atoms with Gasteiger partial charge in [0.05, 0.1) is 24.5 Å². The lowest BCUT2D eigenvalue weighted by molar-refractivity contribution is 0.100. The van der Waals surface area contributed by atoms with Crippen molar-refractivity contribution in [2.45, 2.75) is 52.0 Å². The number of hydrogen-bond acceptors (Lipinski definition) is 4. The van der Waals surface area contributed by atoms with Crippen LogP contribution in [0.3, 0.4) is 0 Å². The topological polar surface area (TPSA) is 61.2 Å². The van der Waals surface area contributed by atoms with Crippen LogP contribution in [0.15, 0.2) is 4.90 Å². The van der Waals surface area contributed by atoms with E-state index >= 15 is 0 Å². The van der Waals surface area contributed by atoms with Crippen LogP contribution in [0.4, 0.5) is 0 Å². The van der Waals surface area contributed by atoms with Gasteiger partial charge in [0.2, 0.25) is 0 Å². The highest BCUT2D eigenvalue weighted by Crippen LogP contribution is 2.25. The number of hydrogen-bond donors (Lipinski definition) is 0. The van der Waals surface area contributed by atoms with Crippen molar-refractivity contribution in [3.8, 4) is 0 Å². The van der Waals surface area contributed by atoms with Crippen LogP contribution in [0.2, 0.25) is 0 Å². The third-order valence-corrected chi connectivity index (χ3v) is 4.31. The van der Waals surface area contributed by atoms with Crippen LogP contribution >= 0.6 is 10.7 Å². The van der Waals surface area contributed by atoms with Crippen molar-refractivity contribution in [3.05, 3.63) is 11.4 Å². The van der Waals surface area contributed by atoms with E-state index in [2.05, 4.69) is 18.9 Å². The van der Waals surface area contributed by atoms with Crippen LogP contribution in [0.1, 0.15) is 39.1 Å². The normalized spacial score (nSPS) is 12.3. The van der Waals surface area contributed by atoms with Crippen molar-refractivity contribution in [1.82, 2.24) is 9.78 Å². The molecule has 0 aliphatic carbocycles. The van der Waals surface area contributed by atoms with Crippen molar-refractivity contribution >= 4 is 19.7 Å². The summed E-state index contributed by atoms with van der Waals surface area (Å²) in [6.45, 7) is 9.66. The van der Waals surface area contributed by atoms with Gasteiger partial charge in [0.1, 0.15) is 4.90 Å². The van der Waals surface area contributed by atoms with E-state index < -0.39 is 9.05 Å². The van der Waals surface area contributed by atoms with Gasteiger partial charge in [-0.3, -0.25) is 4.68 Å². The maximum atomic E-state index is 11.7. The van der Waals surface area contributed by atoms with Gasteiger partial charge in [-0.15, -0.1) is 0 Å². The molecule has 0 amide bonds. The van der Waals surface area contributed by atoms with Gasteiger partial charge >= 0.3 is 0 Å². The van der Waals surface area contributed by atoms with Crippen LogP contribution in [0, 0.1) is 5.92 Å². The van der Waals surface area contributed by atoms with E-state index in [0.29, 0.717) is 49.9 Å². The zero-order chi connectivity index (χ0) is 15.3. The van der Waals surface area contributed by atoms with E-state index in [0.717, 1.165) is 0 Å². The Bertz CT molecular complexity index is 538. The smallest absolute Gasteiger partial charge is 0.264 e. The van der Waals surface area contributed by atoms with Crippen LogP contribution in [0.25, 0.3) is 0 Å². The Morgan fingerprint density at radius 3 is 2.40 bits per heavy atom. The molecule has 1 rings (SSSR count). The highest BCUT2D eigenvalue weighted by molar-refractivity contribution is 8.13. The molecule has 0 aliphatic heterocycles. The summed E-state index contributed by atoms with van der Waals surface area (Å²) >= 11 is 0. The number of aryl methyl sites for hydroxylation is 1. The minimum absolute atomic E-state index is 0.174. The lowest BCUT2D eigenvalue weighted by Crippen LogP contribution is -2.13. The Morgan fingerprint density at radius 2 is 1.95 bits per heavy atom. The van der Waals surface area contributed by atoms with Crippen molar-refractivity contribution in [2.75, 3.05) is 13.2 Å². The van der Waals surface area contributed by atoms with Crippen molar-refractivity contribution in [1.29, 1.82) is 0 Å². The average molecular weight is 323 g/mol. The van der Waals surface area contributed by atoms with Crippen LogP contribution in [-0.2, 0) is 33.2 Å². The molecule has 20 heavy (non-hydrogen) atoms. The van der Waals surface area contributed by atoms with Gasteiger partial charge in [-0.25, -0.2) is 8.42 Å². The quantitative estimate of drug-likeness (QED) is 0.545. The standard InChI is InChI=1S/C13H23ClN2O3S/c1-5-11-13(20(14,17)18)12(6-2)16(15-11)7-8-19-9-10(3)4/h10H,5-9H2,1-4H3. The van der Waals surface area contributed by atoms with Gasteiger partial charge in [-0.1, -0.05) is 27.7 Å². The van der Waals surface area contributed by atoms with E-state index in [1.54, 1.807) is 4.68 Å². The van der Waals surface area contributed by atoms with Crippen LogP contribution in [0.5, 0.6) is 0 Å². The van der Waals surface area contributed by atoms with E-state index in [1.165, 1.54) is 0 Å². The average Bonchev–Trinajstić information content (AvgIpc) is 2.72. The lowest BCUT2D eigenvalue weighted by atomic mass is 10.2. The summed E-state index contributed by atoms with van der Waals surface area (Å²) in [5.74, 6) is 0.475. The fourth-order valence-electron chi connectivity index (χ4n) is 2.05. The molecule has 0 atom stereocenters. The fourth-order valence-corrected chi connectivity index (χ4v) is 3.58. The summed E-state index contributed by atoms with van der Waals surface area (Å²) < 4.78 is 30.6. The molecule has 0 aromatic carbocycles. The molecule has 0 unspecified atom stereocenters. The number of halogens is 1. The molecule has 1 heterocycles. The Labute approximate surface area is 125 Å². The first-order chi connectivity index (χ1) is 9.31. The van der Waals surface area contributed by atoms with Crippen molar-refractivity contribution in [3.63, 3.8) is 0 Å². The summed E-state index contributed by atoms with van der Waals surface area (Å²) in [6.07, 6.45) is 1.10. The van der Waals surface area contributed by atoms with Gasteiger partial charge in [-0.2, -0.15) is 5.10 Å². The molecule has 7 heteroatoms. The summed E-state index contributed by atoms with van der Waals surface area (Å²) in [5, 5.41) is 4.36. The van der Waals surface area contributed by atoms with Crippen molar-refractivity contribution < 1.29 is 13.2 Å². The van der Waals surface area contributed by atoms with Gasteiger partial charge in [0, 0.05) is 17.3 Å². The molecular weight excluding hydrogens is 300 g/mol. The number of nitrogens with zero attached hydrogens (tertiary/aromatic N) is 2. The highest BCUT2D eigenvalue weighted by atomic mass is 35.7. The summed E-state index contributed by atoms with van der Waals surface area (Å²) in [6, 6.07) is 0. The Kier molecular flexibility index (Phi) is 6.48. The van der Waals surface area contributed by atoms with Crippen LogP contribution in [-0.4, -0.2) is 31.4 Å². The molecule has 1 aromatic rings. The first-order valence-electron chi connectivity index (χ1n) is 6.92. The number of ether oxygens (including phenoxy) is 1. The molecule has 0 N–H and O–H groups in total. The third kappa shape index (κ3) is 4.46. The van der Waals surface area contributed by atoms with E-state index in [-0.39, 0.29) is 4.90 Å². The van der Waals surface area contributed by atoms with Gasteiger partial charge in [0.25, 0.3) is 9.05 Å². The minimum atomic E-state index is -3.76. The van der Waals surface area contributed by atoms with Crippen molar-refractivity contribution in [2.24, 2.45) is 5.92 Å². The molecule has 0 saturated carbocycles. The van der Waals surface area contributed by atoms with Gasteiger partial charge in [-0.05, 0) is 18.8 Å². The zero-order valence-corrected chi connectivity index (χ0v) is 14.1. The molecule has 0 radical (unpaired) electrons. The molecule has 5 nitrogen and oxygen atoms in total. The molecule has 116 valence electrons. The van der Waals surface area contributed by atoms with E-state index in [1.807, 2.05) is 13.8 Å². The first kappa shape index (κ1) is 17.5. The predicted molar refractivity (Wildman–Crippen MR) is 79.7 cm³/mol. The minimum Gasteiger partial charge on any atom is -0.379 e. The first-order valence-corrected chi connectivity index (χ1v) is 9.23. The van der Waals surface area contributed by atoms with Crippen LogP contribution < -0.4 is 0 Å². The largest absolute Gasteiger partial charge is 0.379 e. The molecule has 0 fully saturated rings. The molecular formula is C13H23ClN2O3S. The summed E-state index contributed by atoms with van der Waals surface area (Å²) in [7, 11) is 1.77. The van der Waals surface area contributed by atoms with Gasteiger partial charge in [0.15, 0.2) is 0 Å². The Hall–Kier alpha value is -0.590. The molecule has 0 spiro atoms. The highest BCUT2D eigenvalue weighted by Gasteiger charge is 2.25. The second kappa shape index (κ2) is 7.43. The van der Waals surface area contributed by atoms with Gasteiger partial charge < -0.3 is 4.74 Å². The molecule has 0 bridgehead atoms. The second-order valence-corrected chi connectivity index (χ2v) is 7.56. The SMILES string of the molecule is CCc1nn(CCOCC(C)C)c(CC)c1S(=O)(=O)Cl. The summed E-state index contributed by atoms with van der Waals surface area (Å²) in [5.41, 5.74) is 1.19. The predicted octanol–water partition coefficient (Wildman–Crippen LogP) is 2.61. The maximum absolute atomic E-state index is 11.7. The number of aromatic nitrogens is 2.